The molecular weight excluding hydrogens is 292 g/mol. The van der Waals surface area contributed by atoms with Crippen molar-refractivity contribution in [3.63, 3.8) is 0 Å². The van der Waals surface area contributed by atoms with Crippen molar-refractivity contribution in [2.45, 2.75) is 26.3 Å². The fourth-order valence-electron chi connectivity index (χ4n) is 1.70. The molecule has 0 heterocycles. The van der Waals surface area contributed by atoms with Crippen molar-refractivity contribution in [1.29, 1.82) is 0 Å². The number of hydrogen-bond donors (Lipinski definition) is 1. The summed E-state index contributed by atoms with van der Waals surface area (Å²) < 4.78 is 32.5. The smallest absolute Gasteiger partial charge is 0.305 e. The summed E-state index contributed by atoms with van der Waals surface area (Å²) in [5.41, 5.74) is 0.914. The lowest BCUT2D eigenvalue weighted by Crippen LogP contribution is -2.38. The van der Waals surface area contributed by atoms with Gasteiger partial charge in [-0.1, -0.05) is 30.3 Å². The van der Waals surface area contributed by atoms with Crippen LogP contribution in [0.3, 0.4) is 0 Å². The number of nitrogens with one attached hydrogen (secondary N) is 1. The molecule has 0 bridgehead atoms. The van der Waals surface area contributed by atoms with E-state index < -0.39 is 10.2 Å². The molecular formula is C14H22N2O4S. The molecule has 1 N–H and O–H groups in total. The highest BCUT2D eigenvalue weighted by Crippen LogP contribution is 2.05. The second-order valence-electron chi connectivity index (χ2n) is 4.55. The first-order valence-corrected chi connectivity index (χ1v) is 8.30. The molecule has 0 saturated carbocycles. The Morgan fingerprint density at radius 3 is 2.57 bits per heavy atom. The van der Waals surface area contributed by atoms with Crippen LogP contribution in [0.5, 0.6) is 0 Å². The van der Waals surface area contributed by atoms with E-state index in [-0.39, 0.29) is 18.9 Å². The average molecular weight is 314 g/mol. The quantitative estimate of drug-likeness (QED) is 0.550. The van der Waals surface area contributed by atoms with E-state index in [2.05, 4.69) is 4.72 Å². The van der Waals surface area contributed by atoms with Gasteiger partial charge in [0.25, 0.3) is 10.2 Å². The summed E-state index contributed by atoms with van der Waals surface area (Å²) in [6, 6.07) is 9.34. The van der Waals surface area contributed by atoms with Crippen LogP contribution in [-0.2, 0) is 26.3 Å². The SMILES string of the molecule is CCOC(=O)CCCNS(=O)(=O)N(C)Cc1ccccc1. The molecule has 0 spiro atoms. The zero-order valence-corrected chi connectivity index (χ0v) is 13.2. The number of ether oxygens (including phenoxy) is 1. The van der Waals surface area contributed by atoms with Crippen molar-refractivity contribution in [3.05, 3.63) is 35.9 Å². The molecule has 0 aliphatic rings. The van der Waals surface area contributed by atoms with E-state index >= 15 is 0 Å². The number of esters is 1. The van der Waals surface area contributed by atoms with Crippen LogP contribution in [0.25, 0.3) is 0 Å². The molecule has 0 radical (unpaired) electrons. The van der Waals surface area contributed by atoms with Gasteiger partial charge < -0.3 is 4.74 Å². The molecule has 1 aromatic carbocycles. The minimum absolute atomic E-state index is 0.207. The third-order valence-electron chi connectivity index (χ3n) is 2.81. The Morgan fingerprint density at radius 1 is 1.29 bits per heavy atom. The number of carbonyl (C=O) groups is 1. The summed E-state index contributed by atoms with van der Waals surface area (Å²) in [4.78, 5) is 11.1. The van der Waals surface area contributed by atoms with Gasteiger partial charge in [-0.3, -0.25) is 4.79 Å². The number of rotatable bonds is 9. The predicted octanol–water partition coefficient (Wildman–Crippen LogP) is 1.30. The van der Waals surface area contributed by atoms with Gasteiger partial charge in [-0.15, -0.1) is 0 Å². The first-order chi connectivity index (χ1) is 9.95. The highest BCUT2D eigenvalue weighted by Gasteiger charge is 2.17. The minimum atomic E-state index is -3.54. The molecule has 1 aromatic rings. The van der Waals surface area contributed by atoms with Crippen LogP contribution in [-0.4, -0.2) is 38.9 Å². The predicted molar refractivity (Wildman–Crippen MR) is 80.7 cm³/mol. The van der Waals surface area contributed by atoms with Crippen molar-refractivity contribution in [1.82, 2.24) is 9.03 Å². The first kappa shape index (κ1) is 17.6. The van der Waals surface area contributed by atoms with E-state index in [4.69, 9.17) is 4.74 Å². The van der Waals surface area contributed by atoms with Crippen LogP contribution in [0.4, 0.5) is 0 Å². The molecule has 0 unspecified atom stereocenters. The second-order valence-corrected chi connectivity index (χ2v) is 6.41. The van der Waals surface area contributed by atoms with Crippen molar-refractivity contribution in [2.24, 2.45) is 0 Å². The van der Waals surface area contributed by atoms with Gasteiger partial charge in [-0.05, 0) is 18.9 Å². The molecule has 1 rings (SSSR count). The molecule has 0 atom stereocenters. The lowest BCUT2D eigenvalue weighted by atomic mass is 10.2. The van der Waals surface area contributed by atoms with E-state index in [9.17, 15) is 13.2 Å². The van der Waals surface area contributed by atoms with E-state index in [1.807, 2.05) is 30.3 Å². The van der Waals surface area contributed by atoms with Crippen molar-refractivity contribution < 1.29 is 17.9 Å². The molecule has 7 heteroatoms. The molecule has 118 valence electrons. The fraction of sp³-hybridized carbons (Fsp3) is 0.500. The number of benzene rings is 1. The van der Waals surface area contributed by atoms with Gasteiger partial charge in [0.05, 0.1) is 6.61 Å². The van der Waals surface area contributed by atoms with Gasteiger partial charge in [0.15, 0.2) is 0 Å². The Kier molecular flexibility index (Phi) is 7.35. The molecule has 0 aliphatic heterocycles. The van der Waals surface area contributed by atoms with Gasteiger partial charge >= 0.3 is 5.97 Å². The maximum absolute atomic E-state index is 12.0. The zero-order chi connectivity index (χ0) is 15.7. The maximum Gasteiger partial charge on any atom is 0.305 e. The third-order valence-corrected chi connectivity index (χ3v) is 4.32. The molecule has 21 heavy (non-hydrogen) atoms. The van der Waals surface area contributed by atoms with Crippen LogP contribution in [0, 0.1) is 0 Å². The molecule has 0 saturated heterocycles. The Morgan fingerprint density at radius 2 is 1.95 bits per heavy atom. The van der Waals surface area contributed by atoms with Crippen LogP contribution in [0.15, 0.2) is 30.3 Å². The summed E-state index contributed by atoms with van der Waals surface area (Å²) in [7, 11) is -2.02. The normalized spacial score (nSPS) is 11.6. The van der Waals surface area contributed by atoms with E-state index in [0.717, 1.165) is 5.56 Å². The van der Waals surface area contributed by atoms with E-state index in [1.165, 1.54) is 11.4 Å². The Bertz CT molecular complexity index is 531. The van der Waals surface area contributed by atoms with Crippen molar-refractivity contribution in [2.75, 3.05) is 20.2 Å². The lowest BCUT2D eigenvalue weighted by molar-refractivity contribution is -0.143. The average Bonchev–Trinajstić information content (AvgIpc) is 2.45. The number of nitrogens with zero attached hydrogens (tertiary/aromatic N) is 1. The standard InChI is InChI=1S/C14H22N2O4S/c1-3-20-14(17)10-7-11-15-21(18,19)16(2)12-13-8-5-4-6-9-13/h4-6,8-9,15H,3,7,10-12H2,1-2H3. The Labute approximate surface area is 126 Å². The summed E-state index contributed by atoms with van der Waals surface area (Å²) in [6.45, 7) is 2.58. The summed E-state index contributed by atoms with van der Waals surface area (Å²) in [5, 5.41) is 0. The molecule has 0 aromatic heterocycles. The van der Waals surface area contributed by atoms with Gasteiger partial charge in [-0.2, -0.15) is 12.7 Å². The summed E-state index contributed by atoms with van der Waals surface area (Å²) >= 11 is 0. The maximum atomic E-state index is 12.0. The third kappa shape index (κ3) is 6.70. The lowest BCUT2D eigenvalue weighted by Gasteiger charge is -2.17. The van der Waals surface area contributed by atoms with Crippen molar-refractivity contribution in [3.8, 4) is 0 Å². The first-order valence-electron chi connectivity index (χ1n) is 6.86. The summed E-state index contributed by atoms with van der Waals surface area (Å²) in [5.74, 6) is -0.311. The van der Waals surface area contributed by atoms with Gasteiger partial charge in [-0.25, -0.2) is 4.72 Å². The molecule has 0 aliphatic carbocycles. The number of carbonyl (C=O) groups excluding carboxylic acids is 1. The van der Waals surface area contributed by atoms with Crippen LogP contribution in [0.1, 0.15) is 25.3 Å². The van der Waals surface area contributed by atoms with Gasteiger partial charge in [0.2, 0.25) is 0 Å². The fourth-order valence-corrected chi connectivity index (χ4v) is 2.64. The minimum Gasteiger partial charge on any atom is -0.466 e. The van der Waals surface area contributed by atoms with Crippen LogP contribution >= 0.6 is 0 Å². The largest absolute Gasteiger partial charge is 0.466 e. The monoisotopic (exact) mass is 314 g/mol. The zero-order valence-electron chi connectivity index (χ0n) is 12.4. The molecule has 6 nitrogen and oxygen atoms in total. The number of hydrogen-bond acceptors (Lipinski definition) is 4. The topological polar surface area (TPSA) is 75.7 Å². The highest BCUT2D eigenvalue weighted by molar-refractivity contribution is 7.87. The Balaban J connectivity index is 2.37. The van der Waals surface area contributed by atoms with Gasteiger partial charge in [0.1, 0.15) is 0 Å². The van der Waals surface area contributed by atoms with Crippen LogP contribution in [0.2, 0.25) is 0 Å². The second kappa shape index (κ2) is 8.76. The van der Waals surface area contributed by atoms with Crippen molar-refractivity contribution >= 4 is 16.2 Å². The van der Waals surface area contributed by atoms with E-state index in [0.29, 0.717) is 19.6 Å². The molecule has 0 amide bonds. The Hall–Kier alpha value is -1.44. The molecule has 0 fully saturated rings. The van der Waals surface area contributed by atoms with E-state index in [1.54, 1.807) is 6.92 Å². The van der Waals surface area contributed by atoms with Crippen LogP contribution < -0.4 is 4.72 Å². The highest BCUT2D eigenvalue weighted by atomic mass is 32.2. The van der Waals surface area contributed by atoms with Gasteiger partial charge in [0, 0.05) is 26.6 Å². The summed E-state index contributed by atoms with van der Waals surface area (Å²) in [6.07, 6.45) is 0.621.